The summed E-state index contributed by atoms with van der Waals surface area (Å²) in [7, 11) is 0. The van der Waals surface area contributed by atoms with Gasteiger partial charge < -0.3 is 39.7 Å². The van der Waals surface area contributed by atoms with Crippen LogP contribution in [0, 0.1) is 0 Å². The van der Waals surface area contributed by atoms with Crippen LogP contribution in [0.25, 0.3) is 0 Å². The lowest BCUT2D eigenvalue weighted by Gasteiger charge is -2.34. The van der Waals surface area contributed by atoms with Crippen molar-refractivity contribution in [1.29, 1.82) is 0 Å². The molecule has 7 unspecified atom stereocenters. The van der Waals surface area contributed by atoms with Crippen molar-refractivity contribution in [3.05, 3.63) is 47.4 Å². The quantitative estimate of drug-likeness (QED) is 0.304. The van der Waals surface area contributed by atoms with Gasteiger partial charge in [0.05, 0.1) is 52.8 Å². The third-order valence-corrected chi connectivity index (χ3v) is 8.89. The summed E-state index contributed by atoms with van der Waals surface area (Å²) >= 11 is 0. The molecule has 3 fully saturated rings. The van der Waals surface area contributed by atoms with Crippen LogP contribution >= 0.6 is 0 Å². The van der Waals surface area contributed by atoms with Gasteiger partial charge >= 0.3 is 0 Å². The lowest BCUT2D eigenvalue weighted by atomic mass is 9.92. The van der Waals surface area contributed by atoms with Gasteiger partial charge in [-0.1, -0.05) is 6.07 Å². The van der Waals surface area contributed by atoms with E-state index in [1.165, 1.54) is 12.1 Å². The average molecular weight is 513 g/mol. The van der Waals surface area contributed by atoms with Crippen molar-refractivity contribution in [2.75, 3.05) is 11.9 Å². The molecule has 3 saturated heterocycles. The number of aromatic hydroxyl groups is 1. The molecule has 37 heavy (non-hydrogen) atoms. The third-order valence-electron chi connectivity index (χ3n) is 8.89. The van der Waals surface area contributed by atoms with Crippen molar-refractivity contribution in [2.45, 2.75) is 101 Å². The molecule has 7 atom stereocenters. The summed E-state index contributed by atoms with van der Waals surface area (Å²) in [4.78, 5) is 15.3. The molecule has 0 spiro atoms. The molecule has 1 aromatic carbocycles. The largest absolute Gasteiger partial charge is 0.510 e. The molecular formula is C28H36N2O7. The molecular weight excluding hydrogens is 476 g/mol. The topological polar surface area (TPSA) is 131 Å². The van der Waals surface area contributed by atoms with E-state index in [2.05, 4.69) is 33.0 Å². The van der Waals surface area contributed by atoms with Gasteiger partial charge in [0, 0.05) is 6.08 Å². The molecule has 9 nitrogen and oxygen atoms in total. The first kappa shape index (κ1) is 24.6. The van der Waals surface area contributed by atoms with E-state index in [0.717, 1.165) is 25.7 Å². The van der Waals surface area contributed by atoms with Gasteiger partial charge in [0.15, 0.2) is 0 Å². The smallest absolute Gasteiger partial charge is 0.256 e. The number of phenols is 1. The zero-order chi connectivity index (χ0) is 26.3. The van der Waals surface area contributed by atoms with E-state index in [1.54, 1.807) is 23.1 Å². The summed E-state index contributed by atoms with van der Waals surface area (Å²) in [5.41, 5.74) is 0.0808. The fourth-order valence-corrected chi connectivity index (χ4v) is 6.05. The van der Waals surface area contributed by atoms with Gasteiger partial charge in [-0.2, -0.15) is 0 Å². The van der Waals surface area contributed by atoms with E-state index in [9.17, 15) is 20.1 Å². The summed E-state index contributed by atoms with van der Waals surface area (Å²) in [6, 6.07) is 3.39. The van der Waals surface area contributed by atoms with Crippen LogP contribution in [0.15, 0.2) is 41.9 Å². The lowest BCUT2D eigenvalue weighted by molar-refractivity contribution is 0.0685. The molecule has 1 amide bonds. The summed E-state index contributed by atoms with van der Waals surface area (Å²) in [6.45, 7) is 8.75. The molecule has 4 heterocycles. The fourth-order valence-electron chi connectivity index (χ4n) is 6.05. The molecule has 0 aromatic heterocycles. The number of anilines is 1. The number of aliphatic hydroxyl groups is 2. The number of benzene rings is 1. The minimum atomic E-state index is -0.708. The van der Waals surface area contributed by atoms with Crippen molar-refractivity contribution in [3.63, 3.8) is 0 Å². The maximum absolute atomic E-state index is 13.6. The SMILES string of the molecule is CC1(C)OC1CCC1(C)OC1CCC1(C)OC1CN1C(=O)c2cccc(O)c2NC2C(O)=CC(O)=CC21. The van der Waals surface area contributed by atoms with Crippen LogP contribution < -0.4 is 5.32 Å². The van der Waals surface area contributed by atoms with Gasteiger partial charge in [-0.3, -0.25) is 4.79 Å². The van der Waals surface area contributed by atoms with Gasteiger partial charge in [-0.25, -0.2) is 0 Å². The monoisotopic (exact) mass is 512 g/mol. The first-order valence-electron chi connectivity index (χ1n) is 13.1. The standard InChI is InChI=1S/C28H36N2O7/c1-26(2)20(35-26)8-10-27(3)21(36-27)9-11-28(4)22(37-28)14-30-17-12-15(31)13-19(33)24(17)29-23-16(25(30)34)6-5-7-18(23)32/h5-7,12-13,17,20-22,24,29,31-33H,8-11,14H2,1-4H3. The minimum Gasteiger partial charge on any atom is -0.510 e. The number of para-hydroxylation sites is 1. The van der Waals surface area contributed by atoms with Crippen LogP contribution in [0.4, 0.5) is 5.69 Å². The summed E-state index contributed by atoms with van der Waals surface area (Å²) < 4.78 is 17.9. The number of allylic oxidation sites excluding steroid dienone is 1. The highest BCUT2D eigenvalue weighted by Crippen LogP contribution is 2.50. The molecule has 200 valence electrons. The Balaban J connectivity index is 1.12. The van der Waals surface area contributed by atoms with Crippen LogP contribution in [0.2, 0.25) is 0 Å². The number of carbonyl (C=O) groups is 1. The van der Waals surface area contributed by atoms with Gasteiger partial charge in [0.25, 0.3) is 5.91 Å². The Bertz CT molecular complexity index is 1190. The molecule has 0 bridgehead atoms. The number of rotatable bonds is 8. The van der Waals surface area contributed by atoms with Gasteiger partial charge in [-0.15, -0.1) is 0 Å². The lowest BCUT2D eigenvalue weighted by Crippen LogP contribution is -2.50. The van der Waals surface area contributed by atoms with E-state index in [1.807, 2.05) is 0 Å². The molecule has 4 N–H and O–H groups in total. The van der Waals surface area contributed by atoms with Gasteiger partial charge in [0.2, 0.25) is 0 Å². The average Bonchev–Trinajstić information content (AvgIpc) is 3.76. The number of phenolic OH excluding ortho intramolecular Hbond substituents is 1. The Morgan fingerprint density at radius 3 is 2.30 bits per heavy atom. The van der Waals surface area contributed by atoms with Crippen molar-refractivity contribution >= 4 is 11.6 Å². The van der Waals surface area contributed by atoms with Crippen molar-refractivity contribution in [3.8, 4) is 5.75 Å². The second-order valence-corrected chi connectivity index (χ2v) is 12.1. The molecule has 0 radical (unpaired) electrons. The van der Waals surface area contributed by atoms with Crippen LogP contribution in [0.5, 0.6) is 5.75 Å². The highest BCUT2D eigenvalue weighted by Gasteiger charge is 2.59. The second-order valence-electron chi connectivity index (χ2n) is 12.1. The molecule has 1 aliphatic carbocycles. The fraction of sp³-hybridized carbons (Fsp3) is 0.607. The molecule has 1 aromatic rings. The Morgan fingerprint density at radius 2 is 1.59 bits per heavy atom. The summed E-state index contributed by atoms with van der Waals surface area (Å²) in [5, 5.41) is 34.3. The number of hydrogen-bond donors (Lipinski definition) is 4. The van der Waals surface area contributed by atoms with Crippen LogP contribution in [0.3, 0.4) is 0 Å². The van der Waals surface area contributed by atoms with E-state index in [0.29, 0.717) is 18.2 Å². The normalized spacial score (nSPS) is 39.0. The van der Waals surface area contributed by atoms with Crippen molar-refractivity contribution in [1.82, 2.24) is 4.90 Å². The molecule has 0 saturated carbocycles. The Hall–Kier alpha value is -2.75. The zero-order valence-electron chi connectivity index (χ0n) is 21.7. The number of aliphatic hydroxyl groups excluding tert-OH is 2. The molecule has 6 rings (SSSR count). The number of epoxide rings is 3. The minimum absolute atomic E-state index is 0.00125. The highest BCUT2D eigenvalue weighted by molar-refractivity contribution is 6.02. The first-order chi connectivity index (χ1) is 17.4. The van der Waals surface area contributed by atoms with Crippen LogP contribution in [-0.4, -0.2) is 79.9 Å². The van der Waals surface area contributed by atoms with Crippen molar-refractivity contribution in [2.24, 2.45) is 0 Å². The predicted molar refractivity (Wildman–Crippen MR) is 136 cm³/mol. The van der Waals surface area contributed by atoms with E-state index in [-0.39, 0.29) is 57.9 Å². The number of nitrogens with one attached hydrogen (secondary N) is 1. The first-order valence-corrected chi connectivity index (χ1v) is 13.1. The Labute approximate surface area is 216 Å². The van der Waals surface area contributed by atoms with Crippen LogP contribution in [-0.2, 0) is 14.2 Å². The molecule has 5 aliphatic rings. The Morgan fingerprint density at radius 1 is 0.946 bits per heavy atom. The highest BCUT2D eigenvalue weighted by atomic mass is 16.6. The van der Waals surface area contributed by atoms with Crippen LogP contribution in [0.1, 0.15) is 63.7 Å². The van der Waals surface area contributed by atoms with Gasteiger partial charge in [0.1, 0.15) is 29.4 Å². The maximum Gasteiger partial charge on any atom is 0.256 e. The number of carbonyl (C=O) groups excluding carboxylic acids is 1. The molecule has 4 aliphatic heterocycles. The number of hydrogen-bond acceptors (Lipinski definition) is 8. The number of fused-ring (bicyclic) bond motifs is 2. The zero-order valence-corrected chi connectivity index (χ0v) is 21.7. The number of ether oxygens (including phenoxy) is 3. The number of amides is 1. The van der Waals surface area contributed by atoms with E-state index >= 15 is 0 Å². The van der Waals surface area contributed by atoms with E-state index in [4.69, 9.17) is 14.2 Å². The Kier molecular flexibility index (Phi) is 5.40. The third kappa shape index (κ3) is 4.36. The summed E-state index contributed by atoms with van der Waals surface area (Å²) in [5.74, 6) is -0.595. The van der Waals surface area contributed by atoms with Crippen molar-refractivity contribution < 1.29 is 34.3 Å². The van der Waals surface area contributed by atoms with E-state index < -0.39 is 12.1 Å². The maximum atomic E-state index is 13.6. The van der Waals surface area contributed by atoms with Gasteiger partial charge in [-0.05, 0) is 71.6 Å². The predicted octanol–water partition coefficient (Wildman–Crippen LogP) is 3.95. The number of nitrogens with zero attached hydrogens (tertiary/aromatic N) is 1. The molecule has 9 heteroatoms. The summed E-state index contributed by atoms with van der Waals surface area (Å²) in [6.07, 6.45) is 6.79. The second kappa shape index (κ2) is 8.12.